The average Bonchev–Trinajstić information content (AvgIpc) is 2.39. The van der Waals surface area contributed by atoms with Gasteiger partial charge in [0, 0.05) is 5.33 Å². The van der Waals surface area contributed by atoms with Crippen LogP contribution in [0.3, 0.4) is 0 Å². The van der Waals surface area contributed by atoms with Crippen LogP contribution in [0.25, 0.3) is 0 Å². The van der Waals surface area contributed by atoms with Crippen molar-refractivity contribution >= 4 is 25.8 Å². The summed E-state index contributed by atoms with van der Waals surface area (Å²) in [6, 6.07) is 15.5. The molecule has 2 aromatic rings. The zero-order chi connectivity index (χ0) is 12.3. The van der Waals surface area contributed by atoms with Gasteiger partial charge in [0.2, 0.25) is 9.84 Å². The van der Waals surface area contributed by atoms with E-state index in [1.165, 1.54) is 0 Å². The highest BCUT2D eigenvalue weighted by molar-refractivity contribution is 9.08. The Morgan fingerprint density at radius 3 is 2.12 bits per heavy atom. The van der Waals surface area contributed by atoms with Crippen LogP contribution in [0.15, 0.2) is 64.4 Å². The summed E-state index contributed by atoms with van der Waals surface area (Å²) >= 11 is 3.31. The maximum absolute atomic E-state index is 12.4. The number of hydrogen-bond acceptors (Lipinski definition) is 2. The van der Waals surface area contributed by atoms with Crippen molar-refractivity contribution in [2.45, 2.75) is 15.1 Å². The SMILES string of the molecule is O=S(=O)(c1ccccc1)c1ccccc1CBr. The van der Waals surface area contributed by atoms with E-state index in [1.54, 1.807) is 42.5 Å². The summed E-state index contributed by atoms with van der Waals surface area (Å²) in [4.78, 5) is 0.691. The van der Waals surface area contributed by atoms with Gasteiger partial charge in [-0.2, -0.15) is 0 Å². The van der Waals surface area contributed by atoms with Crippen LogP contribution in [0.4, 0.5) is 0 Å². The van der Waals surface area contributed by atoms with Gasteiger partial charge in [0.15, 0.2) is 0 Å². The van der Waals surface area contributed by atoms with Crippen molar-refractivity contribution in [2.24, 2.45) is 0 Å². The van der Waals surface area contributed by atoms with Crippen LogP contribution in [-0.2, 0) is 15.2 Å². The highest BCUT2D eigenvalue weighted by Gasteiger charge is 2.19. The molecule has 4 heteroatoms. The van der Waals surface area contributed by atoms with Gasteiger partial charge in [-0.25, -0.2) is 8.42 Å². The largest absolute Gasteiger partial charge is 0.219 e. The molecule has 0 atom stereocenters. The second-order valence-corrected chi connectivity index (χ2v) is 6.04. The molecule has 0 aliphatic carbocycles. The molecule has 0 aromatic heterocycles. The van der Waals surface area contributed by atoms with Crippen molar-refractivity contribution in [1.82, 2.24) is 0 Å². The van der Waals surface area contributed by atoms with E-state index in [4.69, 9.17) is 0 Å². The van der Waals surface area contributed by atoms with E-state index >= 15 is 0 Å². The predicted octanol–water partition coefficient (Wildman–Crippen LogP) is 3.41. The Labute approximate surface area is 109 Å². The van der Waals surface area contributed by atoms with E-state index in [9.17, 15) is 8.42 Å². The fraction of sp³-hybridized carbons (Fsp3) is 0.0769. The van der Waals surface area contributed by atoms with Gasteiger partial charge >= 0.3 is 0 Å². The van der Waals surface area contributed by atoms with Gasteiger partial charge in [0.05, 0.1) is 9.79 Å². The fourth-order valence-electron chi connectivity index (χ4n) is 1.60. The third-order valence-electron chi connectivity index (χ3n) is 2.46. The molecule has 0 spiro atoms. The van der Waals surface area contributed by atoms with Crippen LogP contribution in [0.5, 0.6) is 0 Å². The summed E-state index contributed by atoms with van der Waals surface area (Å²) in [5.74, 6) is 0. The normalized spacial score (nSPS) is 11.4. The molecule has 0 unspecified atom stereocenters. The standard InChI is InChI=1S/C13H11BrO2S/c14-10-11-6-4-5-9-13(11)17(15,16)12-7-2-1-3-8-12/h1-9H,10H2. The van der Waals surface area contributed by atoms with Crippen molar-refractivity contribution in [2.75, 3.05) is 0 Å². The molecule has 88 valence electrons. The van der Waals surface area contributed by atoms with Crippen LogP contribution in [0.2, 0.25) is 0 Å². The van der Waals surface area contributed by atoms with Gasteiger partial charge in [-0.15, -0.1) is 0 Å². The van der Waals surface area contributed by atoms with Gasteiger partial charge in [0.1, 0.15) is 0 Å². The smallest absolute Gasteiger partial charge is 0.206 e. The minimum absolute atomic E-state index is 0.327. The number of halogens is 1. The summed E-state index contributed by atoms with van der Waals surface area (Å²) < 4.78 is 24.8. The average molecular weight is 311 g/mol. The van der Waals surface area contributed by atoms with Gasteiger partial charge in [0.25, 0.3) is 0 Å². The highest BCUT2D eigenvalue weighted by Crippen LogP contribution is 2.25. The lowest BCUT2D eigenvalue weighted by Gasteiger charge is -2.08. The molecule has 2 aromatic carbocycles. The van der Waals surface area contributed by atoms with E-state index < -0.39 is 9.84 Å². The first-order valence-corrected chi connectivity index (χ1v) is 7.71. The molecule has 0 N–H and O–H groups in total. The fourth-order valence-corrected chi connectivity index (χ4v) is 3.79. The van der Waals surface area contributed by atoms with Gasteiger partial charge in [-0.1, -0.05) is 52.3 Å². The summed E-state index contributed by atoms with van der Waals surface area (Å²) in [6.45, 7) is 0. The Morgan fingerprint density at radius 1 is 0.882 bits per heavy atom. The van der Waals surface area contributed by atoms with Crippen molar-refractivity contribution < 1.29 is 8.42 Å². The van der Waals surface area contributed by atoms with Crippen molar-refractivity contribution in [3.05, 3.63) is 60.2 Å². The molecule has 2 nitrogen and oxygen atoms in total. The minimum atomic E-state index is -3.41. The Balaban J connectivity index is 2.61. The van der Waals surface area contributed by atoms with E-state index in [1.807, 2.05) is 12.1 Å². The molecule has 0 aliphatic heterocycles. The van der Waals surface area contributed by atoms with Gasteiger partial charge < -0.3 is 0 Å². The number of alkyl halides is 1. The van der Waals surface area contributed by atoms with Gasteiger partial charge in [-0.05, 0) is 23.8 Å². The maximum Gasteiger partial charge on any atom is 0.206 e. The van der Waals surface area contributed by atoms with E-state index in [2.05, 4.69) is 15.9 Å². The number of hydrogen-bond donors (Lipinski definition) is 0. The molecule has 0 amide bonds. The Bertz CT molecular complexity index is 606. The molecule has 0 saturated heterocycles. The molecule has 0 saturated carbocycles. The summed E-state index contributed by atoms with van der Waals surface area (Å²) in [5.41, 5.74) is 0.774. The quantitative estimate of drug-likeness (QED) is 0.814. The molecule has 0 heterocycles. The van der Waals surface area contributed by atoms with Crippen molar-refractivity contribution in [3.8, 4) is 0 Å². The number of rotatable bonds is 3. The maximum atomic E-state index is 12.4. The van der Waals surface area contributed by atoms with Crippen LogP contribution >= 0.6 is 15.9 Å². The topological polar surface area (TPSA) is 34.1 Å². The first-order valence-electron chi connectivity index (χ1n) is 5.10. The predicted molar refractivity (Wildman–Crippen MR) is 71.0 cm³/mol. The number of sulfone groups is 1. The van der Waals surface area contributed by atoms with E-state index in [0.717, 1.165) is 5.56 Å². The van der Waals surface area contributed by atoms with Crippen LogP contribution in [0.1, 0.15) is 5.56 Å². The lowest BCUT2D eigenvalue weighted by Crippen LogP contribution is -2.04. The zero-order valence-corrected chi connectivity index (χ0v) is 11.4. The minimum Gasteiger partial charge on any atom is -0.219 e. The Morgan fingerprint density at radius 2 is 1.47 bits per heavy atom. The van der Waals surface area contributed by atoms with Crippen molar-refractivity contribution in [3.63, 3.8) is 0 Å². The Hall–Kier alpha value is -1.13. The van der Waals surface area contributed by atoms with Gasteiger partial charge in [-0.3, -0.25) is 0 Å². The van der Waals surface area contributed by atoms with Crippen molar-refractivity contribution in [1.29, 1.82) is 0 Å². The second kappa shape index (κ2) is 5.02. The lowest BCUT2D eigenvalue weighted by molar-refractivity contribution is 0.595. The number of benzene rings is 2. The molecular formula is C13H11BrO2S. The summed E-state index contributed by atoms with van der Waals surface area (Å²) in [5, 5.41) is 0.523. The molecule has 0 aliphatic rings. The first-order chi connectivity index (χ1) is 8.16. The molecule has 0 fully saturated rings. The lowest BCUT2D eigenvalue weighted by atomic mass is 10.2. The van der Waals surface area contributed by atoms with E-state index in [-0.39, 0.29) is 0 Å². The molecule has 17 heavy (non-hydrogen) atoms. The molecule has 0 radical (unpaired) electrons. The van der Waals surface area contributed by atoms with Crippen LogP contribution < -0.4 is 0 Å². The zero-order valence-electron chi connectivity index (χ0n) is 9.01. The third-order valence-corrected chi connectivity index (χ3v) is 4.93. The first kappa shape index (κ1) is 12.3. The highest BCUT2D eigenvalue weighted by atomic mass is 79.9. The monoisotopic (exact) mass is 310 g/mol. The summed E-state index contributed by atoms with van der Waals surface area (Å²) in [6.07, 6.45) is 0. The molecular weight excluding hydrogens is 300 g/mol. The third kappa shape index (κ3) is 2.42. The van der Waals surface area contributed by atoms with Crippen LogP contribution in [-0.4, -0.2) is 8.42 Å². The summed E-state index contributed by atoms with van der Waals surface area (Å²) in [7, 11) is -3.41. The molecule has 2 rings (SSSR count). The van der Waals surface area contributed by atoms with Crippen LogP contribution in [0, 0.1) is 0 Å². The molecule has 0 bridgehead atoms. The van der Waals surface area contributed by atoms with E-state index in [0.29, 0.717) is 15.1 Å². The Kier molecular flexibility index (Phi) is 3.64. The second-order valence-electron chi connectivity index (χ2n) is 3.56.